The van der Waals surface area contributed by atoms with Gasteiger partial charge in [-0.3, -0.25) is 0 Å². The summed E-state index contributed by atoms with van der Waals surface area (Å²) >= 11 is 5.54. The highest BCUT2D eigenvalue weighted by Crippen LogP contribution is 2.25. The lowest BCUT2D eigenvalue weighted by molar-refractivity contribution is 0.0693. The SMILES string of the molecule is COc1nc(Cl)cc(N)c1C(=O)O. The number of carboxylic acids is 1. The van der Waals surface area contributed by atoms with Crippen LogP contribution in [0.4, 0.5) is 5.69 Å². The van der Waals surface area contributed by atoms with Crippen molar-refractivity contribution in [2.24, 2.45) is 0 Å². The average molecular weight is 203 g/mol. The number of nitrogens with two attached hydrogens (primary N) is 1. The molecule has 1 heterocycles. The Morgan fingerprint density at radius 2 is 2.38 bits per heavy atom. The van der Waals surface area contributed by atoms with Crippen molar-refractivity contribution in [3.63, 3.8) is 0 Å². The van der Waals surface area contributed by atoms with Crippen molar-refractivity contribution in [1.82, 2.24) is 4.98 Å². The molecule has 0 aliphatic carbocycles. The van der Waals surface area contributed by atoms with E-state index >= 15 is 0 Å². The first-order chi connectivity index (χ1) is 6.06. The van der Waals surface area contributed by atoms with Crippen LogP contribution in [0.1, 0.15) is 10.4 Å². The topological polar surface area (TPSA) is 85.4 Å². The number of rotatable bonds is 2. The van der Waals surface area contributed by atoms with Crippen LogP contribution in [0.5, 0.6) is 5.88 Å². The lowest BCUT2D eigenvalue weighted by Crippen LogP contribution is -2.06. The molecule has 0 unspecified atom stereocenters. The van der Waals surface area contributed by atoms with Crippen molar-refractivity contribution in [3.05, 3.63) is 16.8 Å². The van der Waals surface area contributed by atoms with Gasteiger partial charge >= 0.3 is 5.97 Å². The van der Waals surface area contributed by atoms with Crippen LogP contribution in [0.15, 0.2) is 6.07 Å². The molecule has 13 heavy (non-hydrogen) atoms. The Morgan fingerprint density at radius 3 is 2.85 bits per heavy atom. The molecule has 6 heteroatoms. The Balaban J connectivity index is 3.38. The minimum atomic E-state index is -1.20. The summed E-state index contributed by atoms with van der Waals surface area (Å²) in [6.07, 6.45) is 0. The summed E-state index contributed by atoms with van der Waals surface area (Å²) in [5.74, 6) is -1.28. The van der Waals surface area contributed by atoms with Crippen LogP contribution in [0.25, 0.3) is 0 Å². The molecule has 0 fully saturated rings. The fourth-order valence-electron chi connectivity index (χ4n) is 0.872. The first-order valence-corrected chi connectivity index (χ1v) is 3.67. The first-order valence-electron chi connectivity index (χ1n) is 3.29. The van der Waals surface area contributed by atoms with E-state index < -0.39 is 5.97 Å². The molecule has 0 aromatic carbocycles. The predicted octanol–water partition coefficient (Wildman–Crippen LogP) is 1.02. The van der Waals surface area contributed by atoms with Crippen molar-refractivity contribution < 1.29 is 14.6 Å². The van der Waals surface area contributed by atoms with Crippen molar-refractivity contribution >= 4 is 23.3 Å². The molecule has 1 aromatic heterocycles. The van der Waals surface area contributed by atoms with Gasteiger partial charge in [-0.25, -0.2) is 9.78 Å². The zero-order valence-electron chi connectivity index (χ0n) is 6.74. The smallest absolute Gasteiger partial charge is 0.343 e. The zero-order valence-corrected chi connectivity index (χ0v) is 7.50. The van der Waals surface area contributed by atoms with Gasteiger partial charge in [0.25, 0.3) is 0 Å². The van der Waals surface area contributed by atoms with Crippen LogP contribution < -0.4 is 10.5 Å². The third kappa shape index (κ3) is 1.81. The van der Waals surface area contributed by atoms with E-state index in [0.29, 0.717) is 0 Å². The molecular weight excluding hydrogens is 196 g/mol. The van der Waals surface area contributed by atoms with Gasteiger partial charge < -0.3 is 15.6 Å². The van der Waals surface area contributed by atoms with Crippen LogP contribution in [-0.2, 0) is 0 Å². The van der Waals surface area contributed by atoms with E-state index in [2.05, 4.69) is 4.98 Å². The van der Waals surface area contributed by atoms with Crippen LogP contribution in [-0.4, -0.2) is 23.2 Å². The molecule has 70 valence electrons. The summed E-state index contributed by atoms with van der Waals surface area (Å²) in [5.41, 5.74) is 5.27. The van der Waals surface area contributed by atoms with Gasteiger partial charge in [-0.2, -0.15) is 0 Å². The van der Waals surface area contributed by atoms with Crippen LogP contribution in [0, 0.1) is 0 Å². The summed E-state index contributed by atoms with van der Waals surface area (Å²) in [7, 11) is 1.30. The lowest BCUT2D eigenvalue weighted by Gasteiger charge is -2.06. The average Bonchev–Trinajstić information content (AvgIpc) is 2.01. The lowest BCUT2D eigenvalue weighted by atomic mass is 10.2. The van der Waals surface area contributed by atoms with Crippen molar-refractivity contribution in [2.45, 2.75) is 0 Å². The Bertz CT molecular complexity index is 354. The molecule has 0 bridgehead atoms. The third-order valence-electron chi connectivity index (χ3n) is 1.39. The summed E-state index contributed by atoms with van der Waals surface area (Å²) < 4.78 is 4.71. The van der Waals surface area contributed by atoms with E-state index in [9.17, 15) is 4.79 Å². The maximum Gasteiger partial charge on any atom is 0.343 e. The number of hydrogen-bond donors (Lipinski definition) is 2. The summed E-state index contributed by atoms with van der Waals surface area (Å²) in [5, 5.41) is 8.82. The number of pyridine rings is 1. The highest BCUT2D eigenvalue weighted by Gasteiger charge is 2.17. The number of carboxylic acid groups (broad SMARTS) is 1. The highest BCUT2D eigenvalue weighted by atomic mass is 35.5. The second kappa shape index (κ2) is 3.49. The molecular formula is C7H7ClN2O3. The maximum atomic E-state index is 10.7. The van der Waals surface area contributed by atoms with E-state index in [1.807, 2.05) is 0 Å². The molecule has 0 amide bonds. The van der Waals surface area contributed by atoms with Crippen molar-refractivity contribution in [2.75, 3.05) is 12.8 Å². The number of aromatic nitrogens is 1. The summed E-state index contributed by atoms with van der Waals surface area (Å²) in [6.45, 7) is 0. The quantitative estimate of drug-likeness (QED) is 0.700. The Labute approximate surface area is 79.1 Å². The molecule has 0 radical (unpaired) electrons. The van der Waals surface area contributed by atoms with E-state index in [1.54, 1.807) is 0 Å². The monoisotopic (exact) mass is 202 g/mol. The largest absolute Gasteiger partial charge is 0.480 e. The fraction of sp³-hybridized carbons (Fsp3) is 0.143. The first kappa shape index (κ1) is 9.60. The molecule has 1 rings (SSSR count). The van der Waals surface area contributed by atoms with Gasteiger partial charge in [-0.05, 0) is 6.07 Å². The van der Waals surface area contributed by atoms with Gasteiger partial charge in [0.1, 0.15) is 10.7 Å². The number of hydrogen-bond acceptors (Lipinski definition) is 4. The summed E-state index contributed by atoms with van der Waals surface area (Å²) in [4.78, 5) is 14.3. The number of anilines is 1. The number of carbonyl (C=O) groups is 1. The highest BCUT2D eigenvalue weighted by molar-refractivity contribution is 6.29. The molecule has 0 saturated carbocycles. The van der Waals surface area contributed by atoms with Gasteiger partial charge in [0.2, 0.25) is 5.88 Å². The number of ether oxygens (including phenoxy) is 1. The molecule has 0 atom stereocenters. The molecule has 0 saturated heterocycles. The standard InChI is InChI=1S/C7H7ClN2O3/c1-13-6-5(7(11)12)3(9)2-4(8)10-6/h2H,1H3,(H2,9,10)(H,11,12). The van der Waals surface area contributed by atoms with E-state index in [0.717, 1.165) is 0 Å². The number of halogens is 1. The molecule has 3 N–H and O–H groups in total. The number of nitrogens with zero attached hydrogens (tertiary/aromatic N) is 1. The van der Waals surface area contributed by atoms with Crippen LogP contribution >= 0.6 is 11.6 Å². The van der Waals surface area contributed by atoms with Crippen molar-refractivity contribution in [1.29, 1.82) is 0 Å². The van der Waals surface area contributed by atoms with Gasteiger partial charge in [0, 0.05) is 0 Å². The summed E-state index contributed by atoms with van der Waals surface area (Å²) in [6, 6.07) is 1.26. The van der Waals surface area contributed by atoms with E-state index in [-0.39, 0.29) is 22.3 Å². The zero-order chi connectivity index (χ0) is 10.0. The van der Waals surface area contributed by atoms with Gasteiger partial charge in [0.15, 0.2) is 0 Å². The Kier molecular flexibility index (Phi) is 2.57. The Morgan fingerprint density at radius 1 is 1.77 bits per heavy atom. The van der Waals surface area contributed by atoms with Gasteiger partial charge in [0.05, 0.1) is 12.8 Å². The number of nitrogen functional groups attached to an aromatic ring is 1. The molecule has 0 aliphatic rings. The van der Waals surface area contributed by atoms with E-state index in [4.69, 9.17) is 27.2 Å². The second-order valence-electron chi connectivity index (χ2n) is 2.22. The van der Waals surface area contributed by atoms with E-state index in [1.165, 1.54) is 13.2 Å². The fourth-order valence-corrected chi connectivity index (χ4v) is 1.07. The molecule has 0 aliphatic heterocycles. The molecule has 0 spiro atoms. The minimum Gasteiger partial charge on any atom is -0.480 e. The second-order valence-corrected chi connectivity index (χ2v) is 2.61. The normalized spacial score (nSPS) is 9.69. The predicted molar refractivity (Wildman–Crippen MR) is 47.2 cm³/mol. The van der Waals surface area contributed by atoms with Gasteiger partial charge in [-0.1, -0.05) is 11.6 Å². The molecule has 5 nitrogen and oxygen atoms in total. The number of methoxy groups -OCH3 is 1. The third-order valence-corrected chi connectivity index (χ3v) is 1.59. The van der Waals surface area contributed by atoms with Gasteiger partial charge in [-0.15, -0.1) is 0 Å². The van der Waals surface area contributed by atoms with Crippen LogP contribution in [0.2, 0.25) is 5.15 Å². The minimum absolute atomic E-state index is 0.0318. The number of aromatic carboxylic acids is 1. The molecule has 1 aromatic rings. The van der Waals surface area contributed by atoms with Crippen molar-refractivity contribution in [3.8, 4) is 5.88 Å². The Hall–Kier alpha value is -1.49. The van der Waals surface area contributed by atoms with Crippen LogP contribution in [0.3, 0.4) is 0 Å². The maximum absolute atomic E-state index is 10.7.